The van der Waals surface area contributed by atoms with E-state index in [1.165, 1.54) is 0 Å². The molecule has 0 bridgehead atoms. The molecule has 0 unspecified atom stereocenters. The van der Waals surface area contributed by atoms with Crippen molar-refractivity contribution < 1.29 is 23.1 Å². The quantitative estimate of drug-likeness (QED) is 0.817. The molecule has 0 saturated heterocycles. The Morgan fingerprint density at radius 3 is 2.21 bits per heavy atom. The van der Waals surface area contributed by atoms with Gasteiger partial charge in [0.25, 0.3) is 0 Å². The molecular formula is C12H21ClF3NO2. The van der Waals surface area contributed by atoms with Crippen LogP contribution in [-0.4, -0.2) is 41.3 Å². The predicted molar refractivity (Wildman–Crippen MR) is 68.6 cm³/mol. The van der Waals surface area contributed by atoms with E-state index >= 15 is 0 Å². The van der Waals surface area contributed by atoms with Gasteiger partial charge in [-0.05, 0) is 12.8 Å². The molecule has 0 heterocycles. The number of aliphatic carboxylic acids is 1. The molecule has 1 aliphatic rings. The van der Waals surface area contributed by atoms with Crippen LogP contribution in [-0.2, 0) is 4.79 Å². The highest BCUT2D eigenvalue weighted by Crippen LogP contribution is 2.25. The van der Waals surface area contributed by atoms with E-state index in [1.54, 1.807) is 4.90 Å². The van der Waals surface area contributed by atoms with Gasteiger partial charge in [0.1, 0.15) is 0 Å². The fraction of sp³-hybridized carbons (Fsp3) is 0.917. The molecule has 1 fully saturated rings. The Bertz CT molecular complexity index is 268. The van der Waals surface area contributed by atoms with Gasteiger partial charge in [-0.25, -0.2) is 0 Å². The van der Waals surface area contributed by atoms with Crippen LogP contribution in [0.2, 0.25) is 0 Å². The van der Waals surface area contributed by atoms with E-state index in [-0.39, 0.29) is 38.0 Å². The second-order valence-corrected chi connectivity index (χ2v) is 4.84. The molecule has 0 aromatic carbocycles. The molecule has 0 amide bonds. The molecule has 19 heavy (non-hydrogen) atoms. The van der Waals surface area contributed by atoms with Crippen molar-refractivity contribution >= 4 is 18.4 Å². The minimum Gasteiger partial charge on any atom is -0.481 e. The van der Waals surface area contributed by atoms with Crippen LogP contribution in [0.3, 0.4) is 0 Å². The van der Waals surface area contributed by atoms with E-state index < -0.39 is 18.6 Å². The van der Waals surface area contributed by atoms with Gasteiger partial charge in [0.05, 0.1) is 12.8 Å². The Kier molecular flexibility index (Phi) is 8.41. The lowest BCUT2D eigenvalue weighted by Gasteiger charge is -2.34. The lowest BCUT2D eigenvalue weighted by atomic mass is 9.94. The number of rotatable bonds is 6. The van der Waals surface area contributed by atoms with E-state index in [0.717, 1.165) is 32.1 Å². The summed E-state index contributed by atoms with van der Waals surface area (Å²) >= 11 is 0. The first-order chi connectivity index (χ1) is 8.38. The molecule has 1 saturated carbocycles. The molecule has 1 rings (SSSR count). The molecule has 0 atom stereocenters. The summed E-state index contributed by atoms with van der Waals surface area (Å²) in [5, 5.41) is 8.64. The van der Waals surface area contributed by atoms with Crippen LogP contribution in [0.5, 0.6) is 0 Å². The minimum atomic E-state index is -4.17. The molecule has 1 aliphatic carbocycles. The number of carboxylic acids is 1. The molecule has 0 aliphatic heterocycles. The maximum absolute atomic E-state index is 12.2. The van der Waals surface area contributed by atoms with Gasteiger partial charge in [-0.15, -0.1) is 12.4 Å². The molecule has 0 radical (unpaired) electrons. The average molecular weight is 304 g/mol. The monoisotopic (exact) mass is 303 g/mol. The highest BCUT2D eigenvalue weighted by molar-refractivity contribution is 5.85. The first-order valence-electron chi connectivity index (χ1n) is 6.41. The SMILES string of the molecule is Cl.O=C(O)CCN(CCC(F)(F)F)C1CCCCC1. The second kappa shape index (κ2) is 8.64. The first kappa shape index (κ1) is 18.5. The van der Waals surface area contributed by atoms with Gasteiger partial charge in [0, 0.05) is 19.1 Å². The highest BCUT2D eigenvalue weighted by Gasteiger charge is 2.30. The zero-order valence-electron chi connectivity index (χ0n) is 10.8. The summed E-state index contributed by atoms with van der Waals surface area (Å²) in [6.07, 6.45) is -0.161. The maximum Gasteiger partial charge on any atom is 0.390 e. The molecular weight excluding hydrogens is 283 g/mol. The number of nitrogens with zero attached hydrogens (tertiary/aromatic N) is 1. The second-order valence-electron chi connectivity index (χ2n) is 4.84. The van der Waals surface area contributed by atoms with E-state index in [1.807, 2.05) is 0 Å². The van der Waals surface area contributed by atoms with E-state index in [9.17, 15) is 18.0 Å². The third kappa shape index (κ3) is 8.31. The number of hydrogen-bond donors (Lipinski definition) is 1. The Morgan fingerprint density at radius 2 is 1.74 bits per heavy atom. The third-order valence-electron chi connectivity index (χ3n) is 3.39. The van der Waals surface area contributed by atoms with Crippen molar-refractivity contribution in [2.45, 2.75) is 57.2 Å². The Balaban J connectivity index is 0.00000324. The lowest BCUT2D eigenvalue weighted by Crippen LogP contribution is -2.40. The molecule has 1 N–H and O–H groups in total. The molecule has 3 nitrogen and oxygen atoms in total. The summed E-state index contributed by atoms with van der Waals surface area (Å²) in [6, 6.07) is 0.125. The Morgan fingerprint density at radius 1 is 1.16 bits per heavy atom. The fourth-order valence-electron chi connectivity index (χ4n) is 2.43. The average Bonchev–Trinajstić information content (AvgIpc) is 2.28. The molecule has 114 valence electrons. The van der Waals surface area contributed by atoms with Crippen molar-refractivity contribution in [3.8, 4) is 0 Å². The van der Waals surface area contributed by atoms with Crippen LogP contribution in [0.15, 0.2) is 0 Å². The van der Waals surface area contributed by atoms with Crippen molar-refractivity contribution in [2.75, 3.05) is 13.1 Å². The van der Waals surface area contributed by atoms with Gasteiger partial charge >= 0.3 is 12.1 Å². The number of carboxylic acid groups (broad SMARTS) is 1. The highest BCUT2D eigenvalue weighted by atomic mass is 35.5. The van der Waals surface area contributed by atoms with Gasteiger partial charge in [-0.3, -0.25) is 9.69 Å². The van der Waals surface area contributed by atoms with Crippen LogP contribution in [0, 0.1) is 0 Å². The molecule has 0 aromatic rings. The maximum atomic E-state index is 12.2. The summed E-state index contributed by atoms with van der Waals surface area (Å²) in [7, 11) is 0. The topological polar surface area (TPSA) is 40.5 Å². The summed E-state index contributed by atoms with van der Waals surface area (Å²) in [6.45, 7) is 0.136. The molecule has 7 heteroatoms. The third-order valence-corrected chi connectivity index (χ3v) is 3.39. The van der Waals surface area contributed by atoms with Gasteiger partial charge in [-0.2, -0.15) is 13.2 Å². The van der Waals surface area contributed by atoms with Crippen molar-refractivity contribution in [1.29, 1.82) is 0 Å². The minimum absolute atomic E-state index is 0. The van der Waals surface area contributed by atoms with Crippen LogP contribution >= 0.6 is 12.4 Å². The van der Waals surface area contributed by atoms with Crippen molar-refractivity contribution in [3.63, 3.8) is 0 Å². The smallest absolute Gasteiger partial charge is 0.390 e. The molecule has 0 spiro atoms. The van der Waals surface area contributed by atoms with Crippen LogP contribution in [0.25, 0.3) is 0 Å². The van der Waals surface area contributed by atoms with Gasteiger partial charge in [-0.1, -0.05) is 19.3 Å². The first-order valence-corrected chi connectivity index (χ1v) is 6.41. The molecule has 0 aromatic heterocycles. The van der Waals surface area contributed by atoms with Gasteiger partial charge in [0.15, 0.2) is 0 Å². The normalized spacial score (nSPS) is 17.3. The zero-order chi connectivity index (χ0) is 13.6. The van der Waals surface area contributed by atoms with Crippen molar-refractivity contribution in [1.82, 2.24) is 4.90 Å². The van der Waals surface area contributed by atoms with Crippen molar-refractivity contribution in [3.05, 3.63) is 0 Å². The fourth-order valence-corrected chi connectivity index (χ4v) is 2.43. The number of hydrogen-bond acceptors (Lipinski definition) is 2. The number of carbonyl (C=O) groups is 1. The summed E-state index contributed by atoms with van der Waals surface area (Å²) in [5.74, 6) is -0.956. The number of alkyl halides is 3. The van der Waals surface area contributed by atoms with Crippen LogP contribution in [0.4, 0.5) is 13.2 Å². The van der Waals surface area contributed by atoms with Crippen LogP contribution in [0.1, 0.15) is 44.9 Å². The van der Waals surface area contributed by atoms with Crippen molar-refractivity contribution in [2.24, 2.45) is 0 Å². The Hall–Kier alpha value is -0.490. The van der Waals surface area contributed by atoms with Crippen LogP contribution < -0.4 is 0 Å². The van der Waals surface area contributed by atoms with Gasteiger partial charge < -0.3 is 5.11 Å². The van der Waals surface area contributed by atoms with Gasteiger partial charge in [0.2, 0.25) is 0 Å². The van der Waals surface area contributed by atoms with E-state index in [2.05, 4.69) is 0 Å². The summed E-state index contributed by atoms with van der Waals surface area (Å²) in [5.41, 5.74) is 0. The van der Waals surface area contributed by atoms with E-state index in [4.69, 9.17) is 5.11 Å². The Labute approximate surface area is 117 Å². The summed E-state index contributed by atoms with van der Waals surface area (Å²) < 4.78 is 36.7. The standard InChI is InChI=1S/C12H20F3NO2.ClH/c13-12(14,15)7-9-16(8-6-11(17)18)10-4-2-1-3-5-10;/h10H,1-9H2,(H,17,18);1H. The lowest BCUT2D eigenvalue weighted by molar-refractivity contribution is -0.141. The predicted octanol–water partition coefficient (Wildman–Crippen LogP) is 3.47. The number of halogens is 4. The summed E-state index contributed by atoms with van der Waals surface area (Å²) in [4.78, 5) is 12.2. The zero-order valence-corrected chi connectivity index (χ0v) is 11.6. The van der Waals surface area contributed by atoms with E-state index in [0.29, 0.717) is 0 Å². The largest absolute Gasteiger partial charge is 0.481 e.